The summed E-state index contributed by atoms with van der Waals surface area (Å²) in [5.74, 6) is 0.734. The molecular formula is C20H22N2O2. The molecule has 0 aliphatic heterocycles. The van der Waals surface area contributed by atoms with Crippen LogP contribution >= 0.6 is 0 Å². The number of nitrogens with zero attached hydrogens (tertiary/aromatic N) is 1. The van der Waals surface area contributed by atoms with Crippen LogP contribution in [0.5, 0.6) is 5.75 Å². The van der Waals surface area contributed by atoms with Crippen molar-refractivity contribution in [3.8, 4) is 11.8 Å². The molecule has 0 aliphatic rings. The first-order valence-corrected chi connectivity index (χ1v) is 8.11. The highest BCUT2D eigenvalue weighted by Gasteiger charge is 2.17. The zero-order valence-electron chi connectivity index (χ0n) is 14.2. The second-order valence-electron chi connectivity index (χ2n) is 5.78. The quantitative estimate of drug-likeness (QED) is 0.853. The van der Waals surface area contributed by atoms with E-state index >= 15 is 0 Å². The summed E-state index contributed by atoms with van der Waals surface area (Å²) in [7, 11) is 0. The SMILES string of the molecule is CC[C@H](C)c1ccccc1NC(=O)[C@H](C)Oc1ccc(C#N)cc1. The van der Waals surface area contributed by atoms with Crippen LogP contribution in [0.15, 0.2) is 48.5 Å². The third-order valence-electron chi connectivity index (χ3n) is 4.03. The van der Waals surface area contributed by atoms with Crippen molar-refractivity contribution < 1.29 is 9.53 Å². The summed E-state index contributed by atoms with van der Waals surface area (Å²) in [5, 5.41) is 11.8. The van der Waals surface area contributed by atoms with E-state index in [0.29, 0.717) is 17.2 Å². The van der Waals surface area contributed by atoms with Gasteiger partial charge in [-0.1, -0.05) is 32.0 Å². The van der Waals surface area contributed by atoms with Crippen molar-refractivity contribution >= 4 is 11.6 Å². The summed E-state index contributed by atoms with van der Waals surface area (Å²) < 4.78 is 5.65. The van der Waals surface area contributed by atoms with E-state index in [1.165, 1.54) is 0 Å². The molecule has 0 radical (unpaired) electrons. The summed E-state index contributed by atoms with van der Waals surface area (Å²) in [4.78, 5) is 12.4. The minimum Gasteiger partial charge on any atom is -0.481 e. The highest BCUT2D eigenvalue weighted by molar-refractivity contribution is 5.94. The van der Waals surface area contributed by atoms with Gasteiger partial charge >= 0.3 is 0 Å². The maximum atomic E-state index is 12.4. The van der Waals surface area contributed by atoms with E-state index in [1.807, 2.05) is 24.3 Å². The minimum absolute atomic E-state index is 0.199. The third-order valence-corrected chi connectivity index (χ3v) is 4.03. The molecule has 4 nitrogen and oxygen atoms in total. The molecule has 0 fully saturated rings. The third kappa shape index (κ3) is 4.36. The molecule has 0 spiro atoms. The number of nitrogens with one attached hydrogen (secondary N) is 1. The summed E-state index contributed by atoms with van der Waals surface area (Å²) in [6.07, 6.45) is 0.368. The van der Waals surface area contributed by atoms with Gasteiger partial charge in [0, 0.05) is 5.69 Å². The molecule has 0 saturated heterocycles. The molecule has 0 unspecified atom stereocenters. The van der Waals surface area contributed by atoms with Gasteiger partial charge in [-0.05, 0) is 55.2 Å². The van der Waals surface area contributed by atoms with E-state index in [9.17, 15) is 4.79 Å². The summed E-state index contributed by atoms with van der Waals surface area (Å²) in [6, 6.07) is 16.6. The fourth-order valence-corrected chi connectivity index (χ4v) is 2.36. The van der Waals surface area contributed by atoms with Crippen LogP contribution in [0, 0.1) is 11.3 Å². The fourth-order valence-electron chi connectivity index (χ4n) is 2.36. The van der Waals surface area contributed by atoms with Crippen molar-refractivity contribution in [3.63, 3.8) is 0 Å². The Labute approximate surface area is 143 Å². The van der Waals surface area contributed by atoms with Crippen molar-refractivity contribution in [2.75, 3.05) is 5.32 Å². The highest BCUT2D eigenvalue weighted by Crippen LogP contribution is 2.26. The van der Waals surface area contributed by atoms with Gasteiger partial charge in [0.05, 0.1) is 11.6 Å². The van der Waals surface area contributed by atoms with Crippen molar-refractivity contribution in [2.24, 2.45) is 0 Å². The predicted octanol–water partition coefficient (Wildman–Crippen LogP) is 4.48. The van der Waals surface area contributed by atoms with E-state index < -0.39 is 6.10 Å². The van der Waals surface area contributed by atoms with Gasteiger partial charge in [0.15, 0.2) is 6.10 Å². The summed E-state index contributed by atoms with van der Waals surface area (Å²) >= 11 is 0. The van der Waals surface area contributed by atoms with Gasteiger partial charge in [-0.2, -0.15) is 5.26 Å². The first kappa shape index (κ1) is 17.6. The Hall–Kier alpha value is -2.80. The van der Waals surface area contributed by atoms with Crippen molar-refractivity contribution in [2.45, 2.75) is 39.2 Å². The molecular weight excluding hydrogens is 300 g/mol. The van der Waals surface area contributed by atoms with Crippen LogP contribution in [0.2, 0.25) is 0 Å². The molecule has 1 N–H and O–H groups in total. The standard InChI is InChI=1S/C20H22N2O2/c1-4-14(2)18-7-5-6-8-19(18)22-20(23)15(3)24-17-11-9-16(13-21)10-12-17/h5-12,14-15H,4H2,1-3H3,(H,22,23)/t14-,15-/m0/s1. The summed E-state index contributed by atoms with van der Waals surface area (Å²) in [6.45, 7) is 5.97. The van der Waals surface area contributed by atoms with E-state index in [1.54, 1.807) is 31.2 Å². The normalized spacial score (nSPS) is 12.8. The largest absolute Gasteiger partial charge is 0.481 e. The predicted molar refractivity (Wildman–Crippen MR) is 95.0 cm³/mol. The second-order valence-corrected chi connectivity index (χ2v) is 5.78. The summed E-state index contributed by atoms with van der Waals surface area (Å²) in [5.41, 5.74) is 2.51. The zero-order valence-corrected chi connectivity index (χ0v) is 14.2. The molecule has 24 heavy (non-hydrogen) atoms. The van der Waals surface area contributed by atoms with Gasteiger partial charge in [0.1, 0.15) is 5.75 Å². The van der Waals surface area contributed by atoms with E-state index in [2.05, 4.69) is 25.2 Å². The van der Waals surface area contributed by atoms with Gasteiger partial charge in [0.2, 0.25) is 0 Å². The van der Waals surface area contributed by atoms with Crippen LogP contribution in [0.3, 0.4) is 0 Å². The van der Waals surface area contributed by atoms with E-state index in [4.69, 9.17) is 10.00 Å². The lowest BCUT2D eigenvalue weighted by atomic mass is 9.97. The zero-order chi connectivity index (χ0) is 17.5. The lowest BCUT2D eigenvalue weighted by molar-refractivity contribution is -0.122. The number of para-hydroxylation sites is 1. The van der Waals surface area contributed by atoms with Crippen LogP contribution in [-0.4, -0.2) is 12.0 Å². The molecule has 0 aliphatic carbocycles. The molecule has 2 aromatic rings. The first-order chi connectivity index (χ1) is 11.5. The molecule has 2 rings (SSSR count). The lowest BCUT2D eigenvalue weighted by Gasteiger charge is -2.18. The number of amides is 1. The number of ether oxygens (including phenoxy) is 1. The maximum absolute atomic E-state index is 12.4. The average molecular weight is 322 g/mol. The lowest BCUT2D eigenvalue weighted by Crippen LogP contribution is -2.30. The van der Waals surface area contributed by atoms with Gasteiger partial charge in [0.25, 0.3) is 5.91 Å². The van der Waals surface area contributed by atoms with Crippen molar-refractivity contribution in [1.82, 2.24) is 0 Å². The van der Waals surface area contributed by atoms with Gasteiger partial charge in [-0.25, -0.2) is 0 Å². The van der Waals surface area contributed by atoms with Gasteiger partial charge in [-0.15, -0.1) is 0 Å². The Kier molecular flexibility index (Phi) is 5.97. The van der Waals surface area contributed by atoms with E-state index in [0.717, 1.165) is 17.7 Å². The second kappa shape index (κ2) is 8.16. The molecule has 124 valence electrons. The van der Waals surface area contributed by atoms with E-state index in [-0.39, 0.29) is 5.91 Å². The van der Waals surface area contributed by atoms with Crippen LogP contribution in [0.1, 0.15) is 44.2 Å². The maximum Gasteiger partial charge on any atom is 0.265 e. The molecule has 2 atom stereocenters. The van der Waals surface area contributed by atoms with Crippen LogP contribution in [0.4, 0.5) is 5.69 Å². The molecule has 1 amide bonds. The Morgan fingerprint density at radius 2 is 1.83 bits per heavy atom. The number of hydrogen-bond donors (Lipinski definition) is 1. The molecule has 4 heteroatoms. The molecule has 0 saturated carbocycles. The number of rotatable bonds is 6. The Bertz CT molecular complexity index is 732. The first-order valence-electron chi connectivity index (χ1n) is 8.11. The minimum atomic E-state index is -0.636. The smallest absolute Gasteiger partial charge is 0.265 e. The average Bonchev–Trinajstić information content (AvgIpc) is 2.62. The fraction of sp³-hybridized carbons (Fsp3) is 0.300. The van der Waals surface area contributed by atoms with Crippen molar-refractivity contribution in [1.29, 1.82) is 5.26 Å². The Morgan fingerprint density at radius 3 is 2.46 bits per heavy atom. The number of nitriles is 1. The topological polar surface area (TPSA) is 62.1 Å². The van der Waals surface area contributed by atoms with Gasteiger partial charge in [-0.3, -0.25) is 4.79 Å². The highest BCUT2D eigenvalue weighted by atomic mass is 16.5. The van der Waals surface area contributed by atoms with Crippen LogP contribution in [-0.2, 0) is 4.79 Å². The van der Waals surface area contributed by atoms with Crippen LogP contribution < -0.4 is 10.1 Å². The van der Waals surface area contributed by atoms with Gasteiger partial charge < -0.3 is 10.1 Å². The monoisotopic (exact) mass is 322 g/mol. The molecule has 2 aromatic carbocycles. The molecule has 0 bridgehead atoms. The molecule has 0 aromatic heterocycles. The van der Waals surface area contributed by atoms with Crippen LogP contribution in [0.25, 0.3) is 0 Å². The number of carbonyl (C=O) groups excluding carboxylic acids is 1. The number of anilines is 1. The molecule has 0 heterocycles. The number of benzene rings is 2. The number of hydrogen-bond acceptors (Lipinski definition) is 3. The number of carbonyl (C=O) groups is 1. The van der Waals surface area contributed by atoms with Crippen molar-refractivity contribution in [3.05, 3.63) is 59.7 Å². The Balaban J connectivity index is 2.05. The Morgan fingerprint density at radius 1 is 1.17 bits per heavy atom.